The lowest BCUT2D eigenvalue weighted by atomic mass is 10.0. The summed E-state index contributed by atoms with van der Waals surface area (Å²) in [4.78, 5) is 5.29. The maximum atomic E-state index is 2.65. The number of hydrogen-bond acceptors (Lipinski definition) is 2. The first kappa shape index (κ1) is 20.2. The van der Waals surface area contributed by atoms with Gasteiger partial charge in [0, 0.05) is 26.2 Å². The van der Waals surface area contributed by atoms with Crippen molar-refractivity contribution >= 4 is 21.5 Å². The second kappa shape index (κ2) is 9.64. The summed E-state index contributed by atoms with van der Waals surface area (Å²) in [6.07, 6.45) is 4.11. The molecule has 5 rings (SSSR count). The van der Waals surface area contributed by atoms with E-state index in [-0.39, 0.29) is 0 Å². The van der Waals surface area contributed by atoms with E-state index in [1.54, 1.807) is 0 Å². The van der Waals surface area contributed by atoms with E-state index in [9.17, 15) is 0 Å². The van der Waals surface area contributed by atoms with Crippen LogP contribution in [-0.2, 0) is 13.1 Å². The van der Waals surface area contributed by atoms with Crippen molar-refractivity contribution in [3.8, 4) is 0 Å². The number of nitrogens with zero attached hydrogens (tertiary/aromatic N) is 2. The zero-order valence-corrected chi connectivity index (χ0v) is 18.3. The van der Waals surface area contributed by atoms with Crippen LogP contribution in [0.1, 0.15) is 30.4 Å². The van der Waals surface area contributed by atoms with E-state index in [2.05, 4.69) is 94.7 Å². The van der Waals surface area contributed by atoms with E-state index in [0.29, 0.717) is 0 Å². The van der Waals surface area contributed by atoms with Gasteiger partial charge in [0.2, 0.25) is 0 Å². The van der Waals surface area contributed by atoms with Gasteiger partial charge in [-0.1, -0.05) is 85.3 Å². The molecule has 1 aliphatic heterocycles. The van der Waals surface area contributed by atoms with Crippen molar-refractivity contribution in [2.45, 2.75) is 32.4 Å². The normalized spacial score (nSPS) is 15.1. The minimum absolute atomic E-state index is 0.988. The monoisotopic (exact) mass is 408 g/mol. The van der Waals surface area contributed by atoms with Gasteiger partial charge in [0.25, 0.3) is 0 Å². The number of benzene rings is 4. The highest BCUT2D eigenvalue weighted by atomic mass is 15.2. The fourth-order valence-electron chi connectivity index (χ4n) is 4.95. The van der Waals surface area contributed by atoms with E-state index in [1.807, 2.05) is 0 Å². The lowest BCUT2D eigenvalue weighted by molar-refractivity contribution is 0.173. The van der Waals surface area contributed by atoms with E-state index in [4.69, 9.17) is 0 Å². The minimum atomic E-state index is 0.988. The van der Waals surface area contributed by atoms with Crippen molar-refractivity contribution in [2.75, 3.05) is 26.2 Å². The predicted molar refractivity (Wildman–Crippen MR) is 132 cm³/mol. The molecule has 0 aromatic heterocycles. The highest BCUT2D eigenvalue weighted by Gasteiger charge is 2.14. The molecule has 31 heavy (non-hydrogen) atoms. The maximum absolute atomic E-state index is 2.65. The Hall–Kier alpha value is -2.68. The maximum Gasteiger partial charge on any atom is 0.0243 e. The van der Waals surface area contributed by atoms with Crippen molar-refractivity contribution in [1.82, 2.24) is 9.80 Å². The van der Waals surface area contributed by atoms with Gasteiger partial charge in [0.15, 0.2) is 0 Å². The second-order valence-corrected chi connectivity index (χ2v) is 8.93. The molecule has 2 heteroatoms. The third-order valence-electron chi connectivity index (χ3n) is 6.68. The lowest BCUT2D eigenvalue weighted by Gasteiger charge is -2.30. The van der Waals surface area contributed by atoms with Crippen molar-refractivity contribution in [1.29, 1.82) is 0 Å². The summed E-state index contributed by atoms with van der Waals surface area (Å²) in [5.74, 6) is 0. The summed E-state index contributed by atoms with van der Waals surface area (Å²) >= 11 is 0. The molecule has 0 radical (unpaired) electrons. The molecule has 4 aromatic rings. The van der Waals surface area contributed by atoms with Gasteiger partial charge < -0.3 is 4.90 Å². The Bertz CT molecular complexity index is 1140. The molecule has 0 bridgehead atoms. The smallest absolute Gasteiger partial charge is 0.0243 e. The molecule has 1 aliphatic rings. The Morgan fingerprint density at radius 1 is 0.645 bits per heavy atom. The van der Waals surface area contributed by atoms with Crippen LogP contribution >= 0.6 is 0 Å². The molecule has 0 atom stereocenters. The van der Waals surface area contributed by atoms with Gasteiger partial charge in [-0.2, -0.15) is 0 Å². The number of hydrogen-bond donors (Lipinski definition) is 0. The van der Waals surface area contributed by atoms with Crippen molar-refractivity contribution in [2.24, 2.45) is 0 Å². The lowest BCUT2D eigenvalue weighted by Crippen LogP contribution is -2.37. The molecule has 1 saturated heterocycles. The summed E-state index contributed by atoms with van der Waals surface area (Å²) in [6.45, 7) is 6.77. The van der Waals surface area contributed by atoms with Crippen LogP contribution in [0.2, 0.25) is 0 Å². The molecule has 4 aromatic carbocycles. The molecule has 0 N–H and O–H groups in total. The first-order valence-corrected chi connectivity index (χ1v) is 11.7. The van der Waals surface area contributed by atoms with E-state index in [0.717, 1.165) is 19.6 Å². The van der Waals surface area contributed by atoms with Crippen LogP contribution in [0.25, 0.3) is 21.5 Å². The summed E-state index contributed by atoms with van der Waals surface area (Å²) in [7, 11) is 0. The van der Waals surface area contributed by atoms with Crippen molar-refractivity contribution < 1.29 is 0 Å². The molecule has 2 nitrogen and oxygen atoms in total. The van der Waals surface area contributed by atoms with Crippen LogP contribution in [0, 0.1) is 0 Å². The van der Waals surface area contributed by atoms with Gasteiger partial charge in [0.1, 0.15) is 0 Å². The number of piperidine rings is 1. The molecular weight excluding hydrogens is 376 g/mol. The molecule has 158 valence electrons. The Balaban J connectivity index is 1.38. The van der Waals surface area contributed by atoms with Gasteiger partial charge in [-0.05, 0) is 64.7 Å². The summed E-state index contributed by atoms with van der Waals surface area (Å²) in [5.41, 5.74) is 2.83. The highest BCUT2D eigenvalue weighted by molar-refractivity contribution is 5.85. The van der Waals surface area contributed by atoms with E-state index in [1.165, 1.54) is 71.6 Å². The first-order chi connectivity index (χ1) is 15.3. The van der Waals surface area contributed by atoms with Crippen LogP contribution in [0.5, 0.6) is 0 Å². The van der Waals surface area contributed by atoms with Gasteiger partial charge in [0.05, 0.1) is 0 Å². The zero-order chi connectivity index (χ0) is 20.9. The van der Waals surface area contributed by atoms with Crippen LogP contribution in [-0.4, -0.2) is 36.0 Å². The second-order valence-electron chi connectivity index (χ2n) is 8.93. The number of likely N-dealkylation sites (tertiary alicyclic amines) is 1. The van der Waals surface area contributed by atoms with Crippen molar-refractivity contribution in [3.05, 3.63) is 96.1 Å². The Kier molecular flexibility index (Phi) is 6.29. The predicted octanol–water partition coefficient (Wildman–Crippen LogP) is 6.48. The zero-order valence-electron chi connectivity index (χ0n) is 18.3. The first-order valence-electron chi connectivity index (χ1n) is 11.7. The van der Waals surface area contributed by atoms with Gasteiger partial charge in [-0.3, -0.25) is 4.90 Å². The number of rotatable bonds is 7. The topological polar surface area (TPSA) is 6.48 Å². The van der Waals surface area contributed by atoms with E-state index < -0.39 is 0 Å². The van der Waals surface area contributed by atoms with Crippen LogP contribution < -0.4 is 0 Å². The van der Waals surface area contributed by atoms with Crippen molar-refractivity contribution in [3.63, 3.8) is 0 Å². The molecule has 0 spiro atoms. The van der Waals surface area contributed by atoms with Crippen LogP contribution in [0.4, 0.5) is 0 Å². The average Bonchev–Trinajstić information content (AvgIpc) is 2.83. The standard InChI is InChI=1S/C29H32N2/c1-6-17-30(18-7-1)19-20-31(22-24-15-16-25-9-2-3-11-27(25)21-24)23-28-13-8-12-26-10-4-5-14-29(26)28/h2-5,8-16,21H,1,6-7,17-20,22-23H2. The molecule has 1 heterocycles. The van der Waals surface area contributed by atoms with Crippen LogP contribution in [0.15, 0.2) is 84.9 Å². The van der Waals surface area contributed by atoms with E-state index >= 15 is 0 Å². The van der Waals surface area contributed by atoms with Crippen LogP contribution in [0.3, 0.4) is 0 Å². The molecule has 0 saturated carbocycles. The third-order valence-corrected chi connectivity index (χ3v) is 6.68. The molecule has 0 amide bonds. The largest absolute Gasteiger partial charge is 0.302 e. The molecule has 1 fully saturated rings. The fraction of sp³-hybridized carbons (Fsp3) is 0.310. The van der Waals surface area contributed by atoms with Gasteiger partial charge in [-0.25, -0.2) is 0 Å². The third kappa shape index (κ3) is 4.98. The minimum Gasteiger partial charge on any atom is -0.302 e. The fourth-order valence-corrected chi connectivity index (χ4v) is 4.95. The summed E-state index contributed by atoms with van der Waals surface area (Å²) in [5, 5.41) is 5.37. The molecular formula is C29H32N2. The Morgan fingerprint density at radius 2 is 1.39 bits per heavy atom. The molecule has 0 unspecified atom stereocenters. The summed E-state index contributed by atoms with van der Waals surface area (Å²) in [6, 6.07) is 31.1. The number of fused-ring (bicyclic) bond motifs is 2. The Morgan fingerprint density at radius 3 is 2.26 bits per heavy atom. The average molecular weight is 409 g/mol. The van der Waals surface area contributed by atoms with Gasteiger partial charge >= 0.3 is 0 Å². The Labute approximate surface area is 186 Å². The van der Waals surface area contributed by atoms with Gasteiger partial charge in [-0.15, -0.1) is 0 Å². The molecule has 0 aliphatic carbocycles. The quantitative estimate of drug-likeness (QED) is 0.345. The highest BCUT2D eigenvalue weighted by Crippen LogP contribution is 2.22. The SMILES string of the molecule is c1ccc2cc(CN(CCN3CCCCC3)Cc3cccc4ccccc34)ccc2c1. The summed E-state index contributed by atoms with van der Waals surface area (Å²) < 4.78 is 0.